The Kier molecular flexibility index (Phi) is 4.38. The van der Waals surface area contributed by atoms with Crippen LogP contribution in [0.15, 0.2) is 42.4 Å². The van der Waals surface area contributed by atoms with E-state index in [0.717, 1.165) is 17.0 Å². The fourth-order valence-corrected chi connectivity index (χ4v) is 3.06. The van der Waals surface area contributed by atoms with Crippen molar-refractivity contribution >= 4 is 22.4 Å². The molecule has 0 spiro atoms. The van der Waals surface area contributed by atoms with E-state index in [-0.39, 0.29) is 11.6 Å². The summed E-state index contributed by atoms with van der Waals surface area (Å²) in [6, 6.07) is 3.92. The Bertz CT molecular complexity index is 1110. The smallest absolute Gasteiger partial charge is 0.277 e. The van der Waals surface area contributed by atoms with E-state index in [2.05, 4.69) is 35.6 Å². The molecule has 0 radical (unpaired) electrons. The molecular formula is C17H14N8OS. The third-order valence-electron chi connectivity index (χ3n) is 3.91. The summed E-state index contributed by atoms with van der Waals surface area (Å²) in [5.41, 5.74) is 4.34. The lowest BCUT2D eigenvalue weighted by atomic mass is 10.2. The van der Waals surface area contributed by atoms with Gasteiger partial charge in [0, 0.05) is 11.1 Å². The zero-order chi connectivity index (χ0) is 18.8. The summed E-state index contributed by atoms with van der Waals surface area (Å²) in [6.45, 7) is 3.96. The van der Waals surface area contributed by atoms with Crippen molar-refractivity contribution in [3.05, 3.63) is 59.4 Å². The van der Waals surface area contributed by atoms with E-state index in [0.29, 0.717) is 16.5 Å². The van der Waals surface area contributed by atoms with Crippen molar-refractivity contribution in [2.75, 3.05) is 5.32 Å². The topological polar surface area (TPSA) is 111 Å². The lowest BCUT2D eigenvalue weighted by molar-refractivity contribution is 0.101. The van der Waals surface area contributed by atoms with E-state index in [1.165, 1.54) is 28.5 Å². The van der Waals surface area contributed by atoms with E-state index >= 15 is 0 Å². The Labute approximate surface area is 158 Å². The summed E-state index contributed by atoms with van der Waals surface area (Å²) in [6.07, 6.45) is 5.87. The summed E-state index contributed by atoms with van der Waals surface area (Å²) in [5.74, 6) is -0.377. The second kappa shape index (κ2) is 7.00. The molecule has 0 bridgehead atoms. The molecule has 0 aliphatic carbocycles. The molecule has 0 atom stereocenters. The molecule has 4 heterocycles. The number of aryl methyl sites for hydroxylation is 2. The maximum absolute atomic E-state index is 12.6. The average Bonchev–Trinajstić information content (AvgIpc) is 3.34. The summed E-state index contributed by atoms with van der Waals surface area (Å²) in [4.78, 5) is 29.5. The fraction of sp³-hybridized carbons (Fsp3) is 0.118. The van der Waals surface area contributed by atoms with Crippen LogP contribution < -0.4 is 5.32 Å². The van der Waals surface area contributed by atoms with Gasteiger partial charge < -0.3 is 0 Å². The van der Waals surface area contributed by atoms with E-state index < -0.39 is 0 Å². The molecule has 4 rings (SSSR count). The zero-order valence-electron chi connectivity index (χ0n) is 14.5. The van der Waals surface area contributed by atoms with Gasteiger partial charge >= 0.3 is 0 Å². The number of nitrogens with one attached hydrogen (secondary N) is 1. The predicted molar refractivity (Wildman–Crippen MR) is 99.7 cm³/mol. The number of hydrogen-bond donors (Lipinski definition) is 1. The number of carbonyl (C=O) groups excluding carboxylic acids is 1. The Hall–Kier alpha value is -3.53. The molecule has 0 aromatic carbocycles. The Morgan fingerprint density at radius 2 is 1.89 bits per heavy atom. The van der Waals surface area contributed by atoms with Crippen molar-refractivity contribution in [3.8, 4) is 17.1 Å². The molecule has 0 unspecified atom stereocenters. The summed E-state index contributed by atoms with van der Waals surface area (Å²) < 4.78 is 1.37. The molecule has 134 valence electrons. The fourth-order valence-electron chi connectivity index (χ4n) is 2.36. The van der Waals surface area contributed by atoms with E-state index in [4.69, 9.17) is 0 Å². The molecule has 4 aromatic heterocycles. The predicted octanol–water partition coefficient (Wildman–Crippen LogP) is 2.44. The minimum absolute atomic E-state index is 0.255. The molecule has 4 aromatic rings. The Morgan fingerprint density at radius 3 is 2.67 bits per heavy atom. The molecule has 0 aliphatic rings. The van der Waals surface area contributed by atoms with Gasteiger partial charge in [-0.05, 0) is 25.5 Å². The SMILES string of the molecule is Cc1ccc(-c2csc(NC(=O)c3cnnn3-c3cncnc3)n2)nc1C. The van der Waals surface area contributed by atoms with E-state index in [9.17, 15) is 4.79 Å². The van der Waals surface area contributed by atoms with Crippen molar-refractivity contribution in [1.82, 2.24) is 34.9 Å². The largest absolute Gasteiger partial charge is 0.296 e. The van der Waals surface area contributed by atoms with Crippen LogP contribution in [-0.4, -0.2) is 40.8 Å². The van der Waals surface area contributed by atoms with Gasteiger partial charge in [0.15, 0.2) is 10.8 Å². The lowest BCUT2D eigenvalue weighted by Gasteiger charge is -2.04. The number of anilines is 1. The van der Waals surface area contributed by atoms with Crippen LogP contribution in [0.25, 0.3) is 17.1 Å². The Balaban J connectivity index is 1.56. The molecule has 0 saturated carbocycles. The normalized spacial score (nSPS) is 10.7. The molecular weight excluding hydrogens is 364 g/mol. The van der Waals surface area contributed by atoms with Gasteiger partial charge in [-0.1, -0.05) is 11.3 Å². The number of amides is 1. The van der Waals surface area contributed by atoms with Crippen LogP contribution in [-0.2, 0) is 0 Å². The highest BCUT2D eigenvalue weighted by Gasteiger charge is 2.17. The van der Waals surface area contributed by atoms with Gasteiger partial charge in [-0.15, -0.1) is 16.4 Å². The van der Waals surface area contributed by atoms with E-state index in [1.807, 2.05) is 31.4 Å². The Morgan fingerprint density at radius 1 is 1.07 bits per heavy atom. The van der Waals surface area contributed by atoms with Gasteiger partial charge in [-0.2, -0.15) is 0 Å². The first kappa shape index (κ1) is 16.9. The monoisotopic (exact) mass is 378 g/mol. The standard InChI is InChI=1S/C17H14N8OS/c1-10-3-4-13(21-11(10)2)14-8-27-17(22-14)23-16(26)15-7-20-24-25(15)12-5-18-9-19-6-12/h3-9H,1-2H3,(H,22,23,26). The number of pyridine rings is 1. The number of rotatable bonds is 4. The molecule has 10 heteroatoms. The van der Waals surface area contributed by atoms with Crippen LogP contribution in [0.4, 0.5) is 5.13 Å². The van der Waals surface area contributed by atoms with Gasteiger partial charge in [0.05, 0.1) is 24.3 Å². The zero-order valence-corrected chi connectivity index (χ0v) is 15.3. The number of hydrogen-bond acceptors (Lipinski definition) is 8. The molecule has 27 heavy (non-hydrogen) atoms. The van der Waals surface area contributed by atoms with Gasteiger partial charge in [-0.3, -0.25) is 15.1 Å². The summed E-state index contributed by atoms with van der Waals surface area (Å²) in [5, 5.41) is 12.8. The van der Waals surface area contributed by atoms with Crippen LogP contribution in [0, 0.1) is 13.8 Å². The number of thiazole rings is 1. The first-order chi connectivity index (χ1) is 13.1. The molecule has 0 aliphatic heterocycles. The minimum Gasteiger partial charge on any atom is -0.296 e. The van der Waals surface area contributed by atoms with Crippen molar-refractivity contribution in [3.63, 3.8) is 0 Å². The molecule has 0 fully saturated rings. The molecule has 1 N–H and O–H groups in total. The van der Waals surface area contributed by atoms with Crippen LogP contribution in [0.2, 0.25) is 0 Å². The first-order valence-corrected chi connectivity index (χ1v) is 8.87. The molecule has 0 saturated heterocycles. The average molecular weight is 378 g/mol. The second-order valence-electron chi connectivity index (χ2n) is 5.72. The van der Waals surface area contributed by atoms with Gasteiger partial charge in [-0.25, -0.2) is 19.6 Å². The molecule has 9 nitrogen and oxygen atoms in total. The van der Waals surface area contributed by atoms with Crippen molar-refractivity contribution in [1.29, 1.82) is 0 Å². The maximum atomic E-state index is 12.6. The summed E-state index contributed by atoms with van der Waals surface area (Å²) >= 11 is 1.32. The highest BCUT2D eigenvalue weighted by Crippen LogP contribution is 2.24. The lowest BCUT2D eigenvalue weighted by Crippen LogP contribution is -2.17. The van der Waals surface area contributed by atoms with Crippen LogP contribution in [0.3, 0.4) is 0 Å². The quantitative estimate of drug-likeness (QED) is 0.580. The first-order valence-electron chi connectivity index (χ1n) is 7.99. The number of nitrogens with zero attached hydrogens (tertiary/aromatic N) is 7. The van der Waals surface area contributed by atoms with Crippen molar-refractivity contribution in [2.24, 2.45) is 0 Å². The number of aromatic nitrogens is 7. The van der Waals surface area contributed by atoms with Gasteiger partial charge in [0.2, 0.25) is 0 Å². The maximum Gasteiger partial charge on any atom is 0.277 e. The van der Waals surface area contributed by atoms with Crippen molar-refractivity contribution in [2.45, 2.75) is 13.8 Å². The van der Waals surface area contributed by atoms with Crippen molar-refractivity contribution < 1.29 is 4.79 Å². The summed E-state index contributed by atoms with van der Waals surface area (Å²) in [7, 11) is 0. The van der Waals surface area contributed by atoms with Gasteiger partial charge in [0.1, 0.15) is 17.7 Å². The van der Waals surface area contributed by atoms with E-state index in [1.54, 1.807) is 12.4 Å². The van der Waals surface area contributed by atoms with Crippen LogP contribution >= 0.6 is 11.3 Å². The minimum atomic E-state index is -0.377. The second-order valence-corrected chi connectivity index (χ2v) is 6.58. The highest BCUT2D eigenvalue weighted by molar-refractivity contribution is 7.14. The number of carbonyl (C=O) groups is 1. The third-order valence-corrected chi connectivity index (χ3v) is 4.67. The molecule has 1 amide bonds. The van der Waals surface area contributed by atoms with Gasteiger partial charge in [0.25, 0.3) is 5.91 Å². The van der Waals surface area contributed by atoms with Crippen LogP contribution in [0.1, 0.15) is 21.7 Å². The highest BCUT2D eigenvalue weighted by atomic mass is 32.1. The third kappa shape index (κ3) is 3.42. The van der Waals surface area contributed by atoms with Crippen LogP contribution in [0.5, 0.6) is 0 Å².